The number of Topliss-reactive ketones (excluding diaryl/α,β-unsaturated/α-hetero) is 1. The molecule has 1 saturated carbocycles. The van der Waals surface area contributed by atoms with Gasteiger partial charge in [0, 0.05) is 18.1 Å². The highest BCUT2D eigenvalue weighted by molar-refractivity contribution is 5.99. The van der Waals surface area contributed by atoms with Gasteiger partial charge in [-0.15, -0.1) is 0 Å². The number of hydrogen-bond donors (Lipinski definition) is 3. The van der Waals surface area contributed by atoms with Gasteiger partial charge < -0.3 is 15.3 Å². The molecule has 0 heterocycles. The maximum absolute atomic E-state index is 11.8. The fraction of sp³-hybridized carbons (Fsp3) is 0.500. The van der Waals surface area contributed by atoms with Gasteiger partial charge in [-0.1, -0.05) is 24.3 Å². The summed E-state index contributed by atoms with van der Waals surface area (Å²) in [6.07, 6.45) is 0.0584. The number of ketones is 1. The average molecular weight is 250 g/mol. The van der Waals surface area contributed by atoms with Crippen LogP contribution < -0.4 is 0 Å². The molecule has 1 aliphatic rings. The maximum Gasteiger partial charge on any atom is 0.165 e. The van der Waals surface area contributed by atoms with Crippen molar-refractivity contribution in [1.82, 2.24) is 0 Å². The lowest BCUT2D eigenvalue weighted by molar-refractivity contribution is 0.00421. The molecule has 0 aromatic heterocycles. The van der Waals surface area contributed by atoms with E-state index in [1.165, 1.54) is 0 Å². The van der Waals surface area contributed by atoms with Crippen molar-refractivity contribution in [1.29, 1.82) is 0 Å². The zero-order valence-corrected chi connectivity index (χ0v) is 10.1. The molecule has 1 aliphatic carbocycles. The summed E-state index contributed by atoms with van der Waals surface area (Å²) in [6, 6.07) is 6.68. The van der Waals surface area contributed by atoms with Crippen LogP contribution in [-0.4, -0.2) is 33.8 Å². The van der Waals surface area contributed by atoms with Crippen molar-refractivity contribution in [3.8, 4) is 0 Å². The van der Waals surface area contributed by atoms with Gasteiger partial charge in [0.1, 0.15) is 6.10 Å². The number of benzene rings is 1. The fourth-order valence-corrected chi connectivity index (χ4v) is 1.94. The molecule has 0 aliphatic heterocycles. The highest BCUT2D eigenvalue weighted by Gasteiger charge is 2.30. The summed E-state index contributed by atoms with van der Waals surface area (Å²) >= 11 is 0. The molecule has 0 bridgehead atoms. The van der Waals surface area contributed by atoms with Crippen LogP contribution in [0.3, 0.4) is 0 Å². The molecule has 1 fully saturated rings. The van der Waals surface area contributed by atoms with Crippen LogP contribution in [0.15, 0.2) is 24.3 Å². The average Bonchev–Trinajstić information content (AvgIpc) is 3.22. The van der Waals surface area contributed by atoms with Gasteiger partial charge in [0.2, 0.25) is 0 Å². The molecule has 18 heavy (non-hydrogen) atoms. The summed E-state index contributed by atoms with van der Waals surface area (Å²) in [7, 11) is 0. The molecular formula is C14H18O4. The van der Waals surface area contributed by atoms with E-state index in [1.807, 2.05) is 0 Å². The lowest BCUT2D eigenvalue weighted by Crippen LogP contribution is -2.19. The number of hydrogen-bond acceptors (Lipinski definition) is 4. The van der Waals surface area contributed by atoms with E-state index in [4.69, 9.17) is 5.11 Å². The first-order valence-electron chi connectivity index (χ1n) is 6.24. The van der Waals surface area contributed by atoms with Crippen LogP contribution in [0.5, 0.6) is 0 Å². The molecule has 3 N–H and O–H groups in total. The number of aliphatic hydroxyl groups excluding tert-OH is 3. The van der Waals surface area contributed by atoms with Crippen LogP contribution in [0.4, 0.5) is 0 Å². The van der Waals surface area contributed by atoms with E-state index in [0.29, 0.717) is 11.1 Å². The van der Waals surface area contributed by atoms with Crippen molar-refractivity contribution in [2.75, 3.05) is 6.61 Å². The quantitative estimate of drug-likeness (QED) is 0.660. The zero-order chi connectivity index (χ0) is 13.1. The van der Waals surface area contributed by atoms with Gasteiger partial charge in [-0.3, -0.25) is 4.79 Å². The van der Waals surface area contributed by atoms with Crippen molar-refractivity contribution in [2.24, 2.45) is 5.92 Å². The summed E-state index contributed by atoms with van der Waals surface area (Å²) in [4.78, 5) is 11.8. The van der Waals surface area contributed by atoms with Crippen LogP contribution in [0.25, 0.3) is 0 Å². The van der Waals surface area contributed by atoms with Crippen LogP contribution in [-0.2, 0) is 0 Å². The predicted octanol–water partition coefficient (Wildman–Crippen LogP) is 1.06. The van der Waals surface area contributed by atoms with Crippen molar-refractivity contribution in [3.63, 3.8) is 0 Å². The Labute approximate surface area is 106 Å². The van der Waals surface area contributed by atoms with Crippen molar-refractivity contribution < 1.29 is 20.1 Å². The molecule has 4 nitrogen and oxygen atoms in total. The molecule has 0 radical (unpaired) electrons. The number of carbonyl (C=O) groups is 1. The van der Waals surface area contributed by atoms with E-state index in [2.05, 4.69) is 0 Å². The van der Waals surface area contributed by atoms with E-state index in [-0.39, 0.29) is 24.7 Å². The summed E-state index contributed by atoms with van der Waals surface area (Å²) < 4.78 is 0. The zero-order valence-electron chi connectivity index (χ0n) is 10.1. The Balaban J connectivity index is 2.04. The molecule has 2 atom stereocenters. The Morgan fingerprint density at radius 2 is 1.83 bits per heavy atom. The summed E-state index contributed by atoms with van der Waals surface area (Å²) in [5, 5.41) is 28.1. The third-order valence-corrected chi connectivity index (χ3v) is 3.27. The Morgan fingerprint density at radius 3 is 2.33 bits per heavy atom. The third-order valence-electron chi connectivity index (χ3n) is 3.27. The smallest absolute Gasteiger partial charge is 0.165 e. The minimum absolute atomic E-state index is 0.129. The van der Waals surface area contributed by atoms with E-state index < -0.39 is 12.2 Å². The van der Waals surface area contributed by atoms with Crippen LogP contribution >= 0.6 is 0 Å². The number of rotatable bonds is 6. The summed E-state index contributed by atoms with van der Waals surface area (Å²) in [5.74, 6) is 0.340. The van der Waals surface area contributed by atoms with Gasteiger partial charge >= 0.3 is 0 Å². The first kappa shape index (κ1) is 13.2. The van der Waals surface area contributed by atoms with Gasteiger partial charge in [0.15, 0.2) is 5.78 Å². The molecule has 2 rings (SSSR count). The highest BCUT2D eigenvalue weighted by atomic mass is 16.3. The SMILES string of the molecule is O=C(c1ccc(C(O)C(O)CCO)cc1)C1CC1. The van der Waals surface area contributed by atoms with Gasteiger partial charge in [0.05, 0.1) is 6.10 Å². The Bertz CT molecular complexity index is 408. The molecule has 1 aromatic rings. The van der Waals surface area contributed by atoms with Gasteiger partial charge in [0.25, 0.3) is 0 Å². The molecule has 0 spiro atoms. The molecule has 0 amide bonds. The van der Waals surface area contributed by atoms with Crippen molar-refractivity contribution >= 4 is 5.78 Å². The number of carbonyl (C=O) groups excluding carboxylic acids is 1. The third kappa shape index (κ3) is 2.96. The normalized spacial score (nSPS) is 18.4. The number of aliphatic hydroxyl groups is 3. The molecule has 1 aromatic carbocycles. The summed E-state index contributed by atoms with van der Waals surface area (Å²) in [5.41, 5.74) is 1.22. The predicted molar refractivity (Wildman–Crippen MR) is 66.2 cm³/mol. The second kappa shape index (κ2) is 5.61. The largest absolute Gasteiger partial charge is 0.396 e. The Kier molecular flexibility index (Phi) is 4.11. The first-order chi connectivity index (χ1) is 8.63. The second-order valence-electron chi connectivity index (χ2n) is 4.78. The maximum atomic E-state index is 11.8. The van der Waals surface area contributed by atoms with Gasteiger partial charge in [-0.2, -0.15) is 0 Å². The second-order valence-corrected chi connectivity index (χ2v) is 4.78. The summed E-state index contributed by atoms with van der Waals surface area (Å²) in [6.45, 7) is -0.170. The van der Waals surface area contributed by atoms with Crippen LogP contribution in [0.2, 0.25) is 0 Å². The lowest BCUT2D eigenvalue weighted by atomic mass is 9.99. The first-order valence-corrected chi connectivity index (χ1v) is 6.24. The van der Waals surface area contributed by atoms with E-state index in [9.17, 15) is 15.0 Å². The molecule has 2 unspecified atom stereocenters. The van der Waals surface area contributed by atoms with E-state index in [0.717, 1.165) is 12.8 Å². The topological polar surface area (TPSA) is 77.8 Å². The Morgan fingerprint density at radius 1 is 1.22 bits per heavy atom. The lowest BCUT2D eigenvalue weighted by Gasteiger charge is -2.17. The molecule has 98 valence electrons. The molecule has 0 saturated heterocycles. The van der Waals surface area contributed by atoms with Crippen LogP contribution in [0, 0.1) is 5.92 Å². The van der Waals surface area contributed by atoms with E-state index >= 15 is 0 Å². The Hall–Kier alpha value is -1.23. The van der Waals surface area contributed by atoms with Crippen LogP contribution in [0.1, 0.15) is 41.3 Å². The molecule has 4 heteroatoms. The van der Waals surface area contributed by atoms with Crippen molar-refractivity contribution in [2.45, 2.75) is 31.5 Å². The molecular weight excluding hydrogens is 232 g/mol. The monoisotopic (exact) mass is 250 g/mol. The van der Waals surface area contributed by atoms with Gasteiger partial charge in [-0.05, 0) is 24.8 Å². The fourth-order valence-electron chi connectivity index (χ4n) is 1.94. The standard InChI is InChI=1S/C14H18O4/c15-8-7-12(16)14(18)11-5-3-10(4-6-11)13(17)9-1-2-9/h3-6,9,12,14-16,18H,1-2,7-8H2. The highest BCUT2D eigenvalue weighted by Crippen LogP contribution is 2.32. The minimum atomic E-state index is -1.03. The van der Waals surface area contributed by atoms with Gasteiger partial charge in [-0.25, -0.2) is 0 Å². The van der Waals surface area contributed by atoms with E-state index in [1.54, 1.807) is 24.3 Å². The minimum Gasteiger partial charge on any atom is -0.396 e. The van der Waals surface area contributed by atoms with Crippen molar-refractivity contribution in [3.05, 3.63) is 35.4 Å².